The van der Waals surface area contributed by atoms with Crippen LogP contribution < -0.4 is 0 Å². The summed E-state index contributed by atoms with van der Waals surface area (Å²) in [4.78, 5) is 25.1. The quantitative estimate of drug-likeness (QED) is 0.526. The summed E-state index contributed by atoms with van der Waals surface area (Å²) in [7, 11) is 0. The van der Waals surface area contributed by atoms with Gasteiger partial charge in [0.1, 0.15) is 0 Å². The lowest BCUT2D eigenvalue weighted by atomic mass is 10.1. The smallest absolute Gasteiger partial charge is 0.311 e. The van der Waals surface area contributed by atoms with Gasteiger partial charge in [0, 0.05) is 19.5 Å². The highest BCUT2D eigenvalue weighted by molar-refractivity contribution is 5.86. The molecule has 0 aliphatic carbocycles. The van der Waals surface area contributed by atoms with Gasteiger partial charge in [0.25, 0.3) is 0 Å². The first-order valence-electron chi connectivity index (χ1n) is 6.49. The first kappa shape index (κ1) is 14.0. The third-order valence-electron chi connectivity index (χ3n) is 2.88. The summed E-state index contributed by atoms with van der Waals surface area (Å²) < 4.78 is 5.15. The van der Waals surface area contributed by atoms with Gasteiger partial charge in [-0.15, -0.1) is 0 Å². The van der Waals surface area contributed by atoms with Gasteiger partial charge in [-0.1, -0.05) is 27.2 Å². The van der Waals surface area contributed by atoms with Crippen LogP contribution >= 0.6 is 0 Å². The largest absolute Gasteiger partial charge is 0.465 e. The second kappa shape index (κ2) is 6.62. The van der Waals surface area contributed by atoms with Crippen LogP contribution in [0, 0.1) is 11.8 Å². The highest BCUT2D eigenvalue weighted by atomic mass is 16.5. The van der Waals surface area contributed by atoms with E-state index in [9.17, 15) is 9.59 Å². The molecule has 17 heavy (non-hydrogen) atoms. The number of carbonyl (C=O) groups is 2. The van der Waals surface area contributed by atoms with Crippen molar-refractivity contribution in [2.45, 2.75) is 40.0 Å². The van der Waals surface area contributed by atoms with Crippen LogP contribution in [0.25, 0.3) is 0 Å². The molecule has 0 aromatic rings. The minimum absolute atomic E-state index is 0.0798. The summed E-state index contributed by atoms with van der Waals surface area (Å²) in [5, 5.41) is 0. The maximum Gasteiger partial charge on any atom is 0.311 e. The Bertz CT molecular complexity index is 276. The highest BCUT2D eigenvalue weighted by Crippen LogP contribution is 2.20. The molecule has 0 aromatic carbocycles. The molecule has 0 N–H and O–H groups in total. The second-order valence-corrected chi connectivity index (χ2v) is 5.11. The van der Waals surface area contributed by atoms with Gasteiger partial charge in [0.15, 0.2) is 0 Å². The van der Waals surface area contributed by atoms with E-state index < -0.39 is 0 Å². The molecule has 0 radical (unpaired) electrons. The van der Waals surface area contributed by atoms with Crippen LogP contribution in [-0.4, -0.2) is 36.5 Å². The number of ether oxygens (including phenoxy) is 1. The average Bonchev–Trinajstić information content (AvgIpc) is 2.60. The zero-order valence-corrected chi connectivity index (χ0v) is 11.1. The summed E-state index contributed by atoms with van der Waals surface area (Å²) in [5.74, 6) is 0.0566. The number of esters is 1. The van der Waals surface area contributed by atoms with Crippen molar-refractivity contribution in [2.75, 3.05) is 19.7 Å². The van der Waals surface area contributed by atoms with Crippen LogP contribution in [0.15, 0.2) is 0 Å². The Morgan fingerprint density at radius 3 is 2.82 bits per heavy atom. The average molecular weight is 241 g/mol. The number of unbranched alkanes of at least 4 members (excludes halogenated alkanes) is 1. The van der Waals surface area contributed by atoms with Crippen LogP contribution in [0.5, 0.6) is 0 Å². The van der Waals surface area contributed by atoms with Crippen molar-refractivity contribution < 1.29 is 14.3 Å². The standard InChI is InChI=1S/C13H23NO3/c1-4-5-6-17-13(16)11-7-12(15)14(9-11)8-10(2)3/h10-11H,4-9H2,1-3H3. The molecule has 1 saturated heterocycles. The molecule has 1 aliphatic heterocycles. The Kier molecular flexibility index (Phi) is 5.45. The van der Waals surface area contributed by atoms with Crippen molar-refractivity contribution in [2.24, 2.45) is 11.8 Å². The van der Waals surface area contributed by atoms with E-state index in [0.29, 0.717) is 25.5 Å². The molecule has 1 heterocycles. The number of rotatable bonds is 6. The Labute approximate surface area is 103 Å². The van der Waals surface area contributed by atoms with Gasteiger partial charge in [0.05, 0.1) is 12.5 Å². The minimum atomic E-state index is -0.252. The van der Waals surface area contributed by atoms with Crippen molar-refractivity contribution in [1.29, 1.82) is 0 Å². The molecule has 4 heteroatoms. The molecule has 1 aliphatic rings. The number of hydrogen-bond acceptors (Lipinski definition) is 3. The fourth-order valence-electron chi connectivity index (χ4n) is 1.98. The zero-order valence-electron chi connectivity index (χ0n) is 11.1. The normalized spacial score (nSPS) is 20.1. The molecule has 0 bridgehead atoms. The molecule has 0 spiro atoms. The number of likely N-dealkylation sites (tertiary alicyclic amines) is 1. The summed E-state index contributed by atoms with van der Waals surface area (Å²) in [6, 6.07) is 0. The van der Waals surface area contributed by atoms with Crippen LogP contribution in [0.1, 0.15) is 40.0 Å². The van der Waals surface area contributed by atoms with Gasteiger partial charge in [0.2, 0.25) is 5.91 Å². The van der Waals surface area contributed by atoms with E-state index in [0.717, 1.165) is 19.4 Å². The van der Waals surface area contributed by atoms with Crippen molar-refractivity contribution in [1.82, 2.24) is 4.90 Å². The Morgan fingerprint density at radius 1 is 1.53 bits per heavy atom. The molecule has 98 valence electrons. The van der Waals surface area contributed by atoms with E-state index in [2.05, 4.69) is 20.8 Å². The van der Waals surface area contributed by atoms with E-state index in [1.807, 2.05) is 0 Å². The maximum absolute atomic E-state index is 11.7. The molecule has 1 fully saturated rings. The first-order chi connectivity index (χ1) is 8.04. The van der Waals surface area contributed by atoms with Crippen molar-refractivity contribution in [3.05, 3.63) is 0 Å². The van der Waals surface area contributed by atoms with E-state index in [1.54, 1.807) is 4.90 Å². The van der Waals surface area contributed by atoms with Gasteiger partial charge in [-0.2, -0.15) is 0 Å². The molecule has 1 unspecified atom stereocenters. The SMILES string of the molecule is CCCCOC(=O)C1CC(=O)N(CC(C)C)C1. The third-order valence-corrected chi connectivity index (χ3v) is 2.88. The molecular formula is C13H23NO3. The lowest BCUT2D eigenvalue weighted by Crippen LogP contribution is -2.30. The Balaban J connectivity index is 2.37. The van der Waals surface area contributed by atoms with Crippen LogP contribution in [0.4, 0.5) is 0 Å². The highest BCUT2D eigenvalue weighted by Gasteiger charge is 2.35. The monoisotopic (exact) mass is 241 g/mol. The van der Waals surface area contributed by atoms with Gasteiger partial charge in [-0.3, -0.25) is 9.59 Å². The van der Waals surface area contributed by atoms with E-state index in [4.69, 9.17) is 4.74 Å². The summed E-state index contributed by atoms with van der Waals surface area (Å²) in [6.45, 7) is 7.93. The number of carbonyl (C=O) groups excluding carboxylic acids is 2. The molecule has 0 saturated carbocycles. The van der Waals surface area contributed by atoms with E-state index in [-0.39, 0.29) is 17.8 Å². The van der Waals surface area contributed by atoms with Gasteiger partial charge < -0.3 is 9.64 Å². The maximum atomic E-state index is 11.7. The molecule has 1 rings (SSSR count). The molecule has 0 aromatic heterocycles. The van der Waals surface area contributed by atoms with Gasteiger partial charge in [-0.05, 0) is 12.3 Å². The first-order valence-corrected chi connectivity index (χ1v) is 6.49. The number of hydrogen-bond donors (Lipinski definition) is 0. The fraction of sp³-hybridized carbons (Fsp3) is 0.846. The lowest BCUT2D eigenvalue weighted by molar-refractivity contribution is -0.148. The van der Waals surface area contributed by atoms with Crippen LogP contribution in [0.2, 0.25) is 0 Å². The zero-order chi connectivity index (χ0) is 12.8. The predicted molar refractivity (Wildman–Crippen MR) is 65.4 cm³/mol. The summed E-state index contributed by atoms with van der Waals surface area (Å²) >= 11 is 0. The Hall–Kier alpha value is -1.06. The number of amides is 1. The third kappa shape index (κ3) is 4.36. The Morgan fingerprint density at radius 2 is 2.24 bits per heavy atom. The van der Waals surface area contributed by atoms with E-state index >= 15 is 0 Å². The minimum Gasteiger partial charge on any atom is -0.465 e. The summed E-state index contributed by atoms with van der Waals surface area (Å²) in [6.07, 6.45) is 2.22. The molecule has 1 amide bonds. The van der Waals surface area contributed by atoms with Crippen LogP contribution in [0.3, 0.4) is 0 Å². The molecule has 1 atom stereocenters. The lowest BCUT2D eigenvalue weighted by Gasteiger charge is -2.18. The molecular weight excluding hydrogens is 218 g/mol. The van der Waals surface area contributed by atoms with Crippen molar-refractivity contribution in [3.63, 3.8) is 0 Å². The fourth-order valence-corrected chi connectivity index (χ4v) is 1.98. The second-order valence-electron chi connectivity index (χ2n) is 5.11. The van der Waals surface area contributed by atoms with Crippen molar-refractivity contribution >= 4 is 11.9 Å². The number of nitrogens with zero attached hydrogens (tertiary/aromatic N) is 1. The van der Waals surface area contributed by atoms with Gasteiger partial charge in [-0.25, -0.2) is 0 Å². The summed E-state index contributed by atoms with van der Waals surface area (Å²) in [5.41, 5.74) is 0. The van der Waals surface area contributed by atoms with E-state index in [1.165, 1.54) is 0 Å². The molecule has 4 nitrogen and oxygen atoms in total. The van der Waals surface area contributed by atoms with Crippen LogP contribution in [-0.2, 0) is 14.3 Å². The predicted octanol–water partition coefficient (Wildman–Crippen LogP) is 1.83. The van der Waals surface area contributed by atoms with Crippen molar-refractivity contribution in [3.8, 4) is 0 Å². The van der Waals surface area contributed by atoms with Gasteiger partial charge >= 0.3 is 5.97 Å². The topological polar surface area (TPSA) is 46.6 Å².